The first kappa shape index (κ1) is 17.3. The molecule has 2 amide bonds. The average Bonchev–Trinajstić information content (AvgIpc) is 2.61. The lowest BCUT2D eigenvalue weighted by atomic mass is 10.2. The number of aromatic nitrogens is 2. The van der Waals surface area contributed by atoms with Crippen LogP contribution in [0, 0.1) is 5.82 Å². The Kier molecular flexibility index (Phi) is 6.18. The van der Waals surface area contributed by atoms with E-state index in [0.29, 0.717) is 30.9 Å². The van der Waals surface area contributed by atoms with E-state index in [2.05, 4.69) is 26.1 Å². The Balaban J connectivity index is 1.68. The molecular formula is C16H18FN5O2. The van der Waals surface area contributed by atoms with Crippen molar-refractivity contribution in [1.82, 2.24) is 20.8 Å². The fourth-order valence-corrected chi connectivity index (χ4v) is 1.89. The summed E-state index contributed by atoms with van der Waals surface area (Å²) in [5.41, 5.74) is 0.662. The number of halogens is 1. The zero-order valence-corrected chi connectivity index (χ0v) is 13.2. The molecule has 0 aliphatic heterocycles. The lowest BCUT2D eigenvalue weighted by Gasteiger charge is -2.07. The Morgan fingerprint density at radius 1 is 1.00 bits per heavy atom. The van der Waals surface area contributed by atoms with Gasteiger partial charge in [-0.1, -0.05) is 0 Å². The highest BCUT2D eigenvalue weighted by atomic mass is 19.1. The summed E-state index contributed by atoms with van der Waals surface area (Å²) in [5, 5.41) is 15.9. The third kappa shape index (κ3) is 5.01. The Labute approximate surface area is 138 Å². The van der Waals surface area contributed by atoms with E-state index < -0.39 is 0 Å². The van der Waals surface area contributed by atoms with E-state index in [1.165, 1.54) is 31.3 Å². The molecule has 0 atom stereocenters. The molecule has 2 rings (SSSR count). The molecule has 0 saturated heterocycles. The molecule has 8 heteroatoms. The molecule has 1 heterocycles. The van der Waals surface area contributed by atoms with Gasteiger partial charge in [-0.15, -0.1) is 10.2 Å². The van der Waals surface area contributed by atoms with E-state index in [4.69, 9.17) is 0 Å². The summed E-state index contributed by atoms with van der Waals surface area (Å²) in [7, 11) is 1.52. The first-order chi connectivity index (χ1) is 11.6. The topological polar surface area (TPSA) is 96.0 Å². The normalized spacial score (nSPS) is 10.1. The van der Waals surface area contributed by atoms with E-state index in [9.17, 15) is 14.0 Å². The molecule has 0 bridgehead atoms. The summed E-state index contributed by atoms with van der Waals surface area (Å²) in [6.07, 6.45) is 0.672. The van der Waals surface area contributed by atoms with E-state index >= 15 is 0 Å². The van der Waals surface area contributed by atoms with Crippen molar-refractivity contribution in [2.75, 3.05) is 25.5 Å². The Morgan fingerprint density at radius 2 is 1.75 bits per heavy atom. The van der Waals surface area contributed by atoms with Crippen molar-refractivity contribution in [3.63, 3.8) is 0 Å². The molecule has 0 aliphatic rings. The summed E-state index contributed by atoms with van der Waals surface area (Å²) in [6, 6.07) is 8.60. The third-order valence-corrected chi connectivity index (χ3v) is 3.18. The van der Waals surface area contributed by atoms with Gasteiger partial charge < -0.3 is 16.0 Å². The zero-order valence-electron chi connectivity index (χ0n) is 13.2. The van der Waals surface area contributed by atoms with Crippen LogP contribution in [0.3, 0.4) is 0 Å². The molecule has 1 aromatic heterocycles. The average molecular weight is 331 g/mol. The maximum atomic E-state index is 12.8. The standard InChI is InChI=1S/C16H18FN5O2/c1-18-16(24)13-7-8-14(22-21-13)19-9-2-10-20-15(23)11-3-5-12(17)6-4-11/h3-8H,2,9-10H2,1H3,(H,18,24)(H,19,22)(H,20,23). The van der Waals surface area contributed by atoms with Gasteiger partial charge in [0.05, 0.1) is 0 Å². The molecule has 7 nitrogen and oxygen atoms in total. The Bertz CT molecular complexity index is 689. The Morgan fingerprint density at radius 3 is 2.38 bits per heavy atom. The summed E-state index contributed by atoms with van der Waals surface area (Å²) >= 11 is 0. The van der Waals surface area contributed by atoms with Crippen LogP contribution in [-0.4, -0.2) is 42.1 Å². The molecule has 24 heavy (non-hydrogen) atoms. The number of nitrogens with one attached hydrogen (secondary N) is 3. The number of nitrogens with zero attached hydrogens (tertiary/aromatic N) is 2. The highest BCUT2D eigenvalue weighted by Gasteiger charge is 2.06. The van der Waals surface area contributed by atoms with Crippen LogP contribution in [0.2, 0.25) is 0 Å². The van der Waals surface area contributed by atoms with Crippen LogP contribution in [0.4, 0.5) is 10.2 Å². The van der Waals surface area contributed by atoms with E-state index in [1.54, 1.807) is 12.1 Å². The second-order valence-corrected chi connectivity index (χ2v) is 4.93. The van der Waals surface area contributed by atoms with E-state index in [-0.39, 0.29) is 23.3 Å². The quantitative estimate of drug-likeness (QED) is 0.663. The first-order valence-corrected chi connectivity index (χ1v) is 7.43. The van der Waals surface area contributed by atoms with E-state index in [0.717, 1.165) is 0 Å². The van der Waals surface area contributed by atoms with Crippen LogP contribution in [0.25, 0.3) is 0 Å². The highest BCUT2D eigenvalue weighted by molar-refractivity contribution is 5.94. The van der Waals surface area contributed by atoms with Crippen molar-refractivity contribution in [2.24, 2.45) is 0 Å². The van der Waals surface area contributed by atoms with Crippen molar-refractivity contribution in [1.29, 1.82) is 0 Å². The summed E-state index contributed by atoms with van der Waals surface area (Å²) < 4.78 is 12.8. The smallest absolute Gasteiger partial charge is 0.271 e. The van der Waals surface area contributed by atoms with Gasteiger partial charge in [-0.2, -0.15) is 0 Å². The fourth-order valence-electron chi connectivity index (χ4n) is 1.89. The van der Waals surface area contributed by atoms with Crippen molar-refractivity contribution in [2.45, 2.75) is 6.42 Å². The highest BCUT2D eigenvalue weighted by Crippen LogP contribution is 2.03. The number of carbonyl (C=O) groups excluding carboxylic acids is 2. The molecule has 3 N–H and O–H groups in total. The lowest BCUT2D eigenvalue weighted by molar-refractivity contribution is 0.0947. The summed E-state index contributed by atoms with van der Waals surface area (Å²) in [6.45, 7) is 1.05. The number of benzene rings is 1. The maximum absolute atomic E-state index is 12.8. The summed E-state index contributed by atoms with van der Waals surface area (Å²) in [4.78, 5) is 23.1. The maximum Gasteiger partial charge on any atom is 0.271 e. The van der Waals surface area contributed by atoms with Crippen LogP contribution in [-0.2, 0) is 0 Å². The van der Waals surface area contributed by atoms with Crippen molar-refractivity contribution >= 4 is 17.6 Å². The van der Waals surface area contributed by atoms with Gasteiger partial charge in [-0.3, -0.25) is 9.59 Å². The molecule has 0 spiro atoms. The molecular weight excluding hydrogens is 313 g/mol. The van der Waals surface area contributed by atoms with Crippen LogP contribution in [0.5, 0.6) is 0 Å². The minimum absolute atomic E-state index is 0.245. The molecule has 0 radical (unpaired) electrons. The van der Waals surface area contributed by atoms with Gasteiger partial charge >= 0.3 is 0 Å². The van der Waals surface area contributed by atoms with E-state index in [1.807, 2.05) is 0 Å². The van der Waals surface area contributed by atoms with Crippen LogP contribution in [0.1, 0.15) is 27.3 Å². The molecule has 0 saturated carbocycles. The second-order valence-electron chi connectivity index (χ2n) is 4.93. The van der Waals surface area contributed by atoms with Crippen molar-refractivity contribution in [3.8, 4) is 0 Å². The molecule has 0 fully saturated rings. The predicted molar refractivity (Wildman–Crippen MR) is 87.3 cm³/mol. The third-order valence-electron chi connectivity index (χ3n) is 3.18. The number of amides is 2. The number of anilines is 1. The fraction of sp³-hybridized carbons (Fsp3) is 0.250. The second kappa shape index (κ2) is 8.56. The van der Waals surface area contributed by atoms with Crippen molar-refractivity contribution < 1.29 is 14.0 Å². The number of hydrogen-bond donors (Lipinski definition) is 3. The molecule has 2 aromatic rings. The largest absolute Gasteiger partial charge is 0.369 e. The Hall–Kier alpha value is -3.03. The van der Waals surface area contributed by atoms with Gasteiger partial charge in [0.15, 0.2) is 5.69 Å². The molecule has 126 valence electrons. The minimum Gasteiger partial charge on any atom is -0.369 e. The summed E-state index contributed by atoms with van der Waals surface area (Å²) in [5.74, 6) is -0.367. The lowest BCUT2D eigenvalue weighted by Crippen LogP contribution is -2.26. The monoisotopic (exact) mass is 331 g/mol. The van der Waals surface area contributed by atoms with Gasteiger partial charge in [-0.05, 0) is 42.8 Å². The molecule has 0 unspecified atom stereocenters. The number of hydrogen-bond acceptors (Lipinski definition) is 5. The van der Waals surface area contributed by atoms with Gasteiger partial charge in [0.2, 0.25) is 0 Å². The van der Waals surface area contributed by atoms with Gasteiger partial charge in [0, 0.05) is 25.7 Å². The predicted octanol–water partition coefficient (Wildman–Crippen LogP) is 1.21. The van der Waals surface area contributed by atoms with Crippen LogP contribution >= 0.6 is 0 Å². The van der Waals surface area contributed by atoms with Crippen LogP contribution < -0.4 is 16.0 Å². The first-order valence-electron chi connectivity index (χ1n) is 7.43. The number of rotatable bonds is 7. The zero-order chi connectivity index (χ0) is 17.4. The van der Waals surface area contributed by atoms with Crippen molar-refractivity contribution in [3.05, 3.63) is 53.5 Å². The van der Waals surface area contributed by atoms with Gasteiger partial charge in [-0.25, -0.2) is 4.39 Å². The SMILES string of the molecule is CNC(=O)c1ccc(NCCCNC(=O)c2ccc(F)cc2)nn1. The molecule has 0 aliphatic carbocycles. The van der Waals surface area contributed by atoms with Gasteiger partial charge in [0.25, 0.3) is 11.8 Å². The number of carbonyl (C=O) groups is 2. The van der Waals surface area contributed by atoms with Gasteiger partial charge in [0.1, 0.15) is 11.6 Å². The van der Waals surface area contributed by atoms with Crippen LogP contribution in [0.15, 0.2) is 36.4 Å². The minimum atomic E-state index is -0.376. The molecule has 1 aromatic carbocycles.